The van der Waals surface area contributed by atoms with Gasteiger partial charge in [-0.1, -0.05) is 20.8 Å². The first-order chi connectivity index (χ1) is 8.77. The van der Waals surface area contributed by atoms with E-state index in [1.165, 1.54) is 17.0 Å². The van der Waals surface area contributed by atoms with Crippen molar-refractivity contribution in [2.75, 3.05) is 18.1 Å². The van der Waals surface area contributed by atoms with Crippen molar-refractivity contribution in [2.24, 2.45) is 5.41 Å². The number of aliphatic hydroxyl groups is 1. The van der Waals surface area contributed by atoms with E-state index in [4.69, 9.17) is 10.2 Å². The van der Waals surface area contributed by atoms with Gasteiger partial charge >= 0.3 is 5.97 Å². The van der Waals surface area contributed by atoms with Gasteiger partial charge in [-0.3, -0.25) is 4.79 Å². The molecule has 2 N–H and O–H groups in total. The minimum Gasteiger partial charge on any atom is -0.478 e. The van der Waals surface area contributed by atoms with Crippen LogP contribution in [0.4, 0.5) is 5.69 Å². The van der Waals surface area contributed by atoms with Crippen LogP contribution in [0, 0.1) is 5.41 Å². The Kier molecular flexibility index (Phi) is 4.67. The van der Waals surface area contributed by atoms with Gasteiger partial charge in [0.15, 0.2) is 0 Å². The molecule has 1 rings (SSSR count). The van der Waals surface area contributed by atoms with Crippen LogP contribution in [0.1, 0.15) is 31.1 Å². The highest BCUT2D eigenvalue weighted by Crippen LogP contribution is 2.23. The number of anilines is 1. The van der Waals surface area contributed by atoms with E-state index in [9.17, 15) is 9.59 Å². The SMILES string of the molecule is CC(C)(C)C(=O)N(CCO)c1ccc(C(=O)O)cc1. The Balaban J connectivity index is 3.06. The first-order valence-corrected chi connectivity index (χ1v) is 6.03. The van der Waals surface area contributed by atoms with Gasteiger partial charge in [0.1, 0.15) is 0 Å². The zero-order chi connectivity index (χ0) is 14.6. The maximum Gasteiger partial charge on any atom is 0.335 e. The lowest BCUT2D eigenvalue weighted by molar-refractivity contribution is -0.125. The van der Waals surface area contributed by atoms with Gasteiger partial charge in [-0.2, -0.15) is 0 Å². The van der Waals surface area contributed by atoms with Gasteiger partial charge in [0.2, 0.25) is 5.91 Å². The molecule has 0 saturated heterocycles. The van der Waals surface area contributed by atoms with Gasteiger partial charge in [-0.25, -0.2) is 4.79 Å². The van der Waals surface area contributed by atoms with Crippen LogP contribution in [-0.2, 0) is 4.79 Å². The second kappa shape index (κ2) is 5.84. The smallest absolute Gasteiger partial charge is 0.335 e. The molecule has 0 atom stereocenters. The normalized spacial score (nSPS) is 11.2. The molecule has 1 amide bonds. The van der Waals surface area contributed by atoms with Crippen molar-refractivity contribution in [2.45, 2.75) is 20.8 Å². The summed E-state index contributed by atoms with van der Waals surface area (Å²) in [4.78, 5) is 24.5. The highest BCUT2D eigenvalue weighted by Gasteiger charge is 2.27. The van der Waals surface area contributed by atoms with Gasteiger partial charge in [0.05, 0.1) is 12.2 Å². The average Bonchev–Trinajstić information content (AvgIpc) is 2.34. The second-order valence-corrected chi connectivity index (χ2v) is 5.28. The summed E-state index contributed by atoms with van der Waals surface area (Å²) in [5.41, 5.74) is 0.176. The van der Waals surface area contributed by atoms with E-state index >= 15 is 0 Å². The fourth-order valence-corrected chi connectivity index (χ4v) is 1.64. The Hall–Kier alpha value is -1.88. The van der Waals surface area contributed by atoms with Crippen molar-refractivity contribution in [3.8, 4) is 0 Å². The van der Waals surface area contributed by atoms with Crippen LogP contribution in [0.3, 0.4) is 0 Å². The molecule has 0 heterocycles. The number of carbonyl (C=O) groups excluding carboxylic acids is 1. The molecule has 0 spiro atoms. The molecule has 0 fully saturated rings. The topological polar surface area (TPSA) is 77.8 Å². The summed E-state index contributed by atoms with van der Waals surface area (Å²) in [6, 6.07) is 6.03. The first kappa shape index (κ1) is 15.2. The number of hydrogen-bond donors (Lipinski definition) is 2. The number of benzene rings is 1. The van der Waals surface area contributed by atoms with Crippen molar-refractivity contribution in [1.82, 2.24) is 0 Å². The number of aliphatic hydroxyl groups excluding tert-OH is 1. The van der Waals surface area contributed by atoms with Gasteiger partial charge in [0.25, 0.3) is 0 Å². The van der Waals surface area contributed by atoms with Crippen LogP contribution in [0.15, 0.2) is 24.3 Å². The number of aromatic carboxylic acids is 1. The van der Waals surface area contributed by atoms with Gasteiger partial charge < -0.3 is 15.1 Å². The number of rotatable bonds is 4. The first-order valence-electron chi connectivity index (χ1n) is 6.03. The highest BCUT2D eigenvalue weighted by molar-refractivity contribution is 5.97. The molecule has 0 aliphatic rings. The van der Waals surface area contributed by atoms with Crippen LogP contribution < -0.4 is 4.90 Å². The molecular formula is C14H19NO4. The van der Waals surface area contributed by atoms with E-state index in [0.29, 0.717) is 5.69 Å². The lowest BCUT2D eigenvalue weighted by Crippen LogP contribution is -2.41. The van der Waals surface area contributed by atoms with Crippen LogP contribution in [0.2, 0.25) is 0 Å². The van der Waals surface area contributed by atoms with Gasteiger partial charge in [0, 0.05) is 17.6 Å². The summed E-state index contributed by atoms with van der Waals surface area (Å²) >= 11 is 0. The van der Waals surface area contributed by atoms with Crippen molar-refractivity contribution in [3.05, 3.63) is 29.8 Å². The third kappa shape index (κ3) is 3.79. The van der Waals surface area contributed by atoms with E-state index in [1.807, 2.05) is 0 Å². The number of amides is 1. The third-order valence-electron chi connectivity index (χ3n) is 2.64. The Labute approximate surface area is 112 Å². The Morgan fingerprint density at radius 2 is 1.68 bits per heavy atom. The summed E-state index contributed by atoms with van der Waals surface area (Å²) in [5.74, 6) is -1.13. The molecule has 0 aromatic heterocycles. The molecule has 0 radical (unpaired) electrons. The second-order valence-electron chi connectivity index (χ2n) is 5.28. The minimum atomic E-state index is -1.01. The predicted octanol–water partition coefficient (Wildman–Crippen LogP) is 1.76. The van der Waals surface area contributed by atoms with E-state index in [-0.39, 0.29) is 24.6 Å². The monoisotopic (exact) mass is 265 g/mol. The van der Waals surface area contributed by atoms with E-state index in [0.717, 1.165) is 0 Å². The Bertz CT molecular complexity index is 459. The number of hydrogen-bond acceptors (Lipinski definition) is 3. The molecule has 0 aliphatic carbocycles. The van der Waals surface area contributed by atoms with Crippen LogP contribution >= 0.6 is 0 Å². The maximum absolute atomic E-state index is 12.3. The molecule has 0 unspecified atom stereocenters. The van der Waals surface area contributed by atoms with E-state index < -0.39 is 11.4 Å². The summed E-state index contributed by atoms with van der Waals surface area (Å²) in [5, 5.41) is 17.9. The zero-order valence-corrected chi connectivity index (χ0v) is 11.4. The molecule has 0 aliphatic heterocycles. The van der Waals surface area contributed by atoms with Crippen LogP contribution in [0.25, 0.3) is 0 Å². The van der Waals surface area contributed by atoms with Crippen molar-refractivity contribution < 1.29 is 19.8 Å². The minimum absolute atomic E-state index is 0.121. The van der Waals surface area contributed by atoms with Gasteiger partial charge in [-0.05, 0) is 24.3 Å². The molecule has 0 saturated carbocycles. The number of nitrogens with zero attached hydrogens (tertiary/aromatic N) is 1. The van der Waals surface area contributed by atoms with Crippen molar-refractivity contribution >= 4 is 17.6 Å². The van der Waals surface area contributed by atoms with Crippen molar-refractivity contribution in [1.29, 1.82) is 0 Å². The standard InChI is InChI=1S/C14H19NO4/c1-14(2,3)13(19)15(8-9-16)11-6-4-10(5-7-11)12(17)18/h4-7,16H,8-9H2,1-3H3,(H,17,18). The number of carboxylic acid groups (broad SMARTS) is 1. The zero-order valence-electron chi connectivity index (χ0n) is 11.4. The number of carbonyl (C=O) groups is 2. The fourth-order valence-electron chi connectivity index (χ4n) is 1.64. The molecule has 5 heteroatoms. The summed E-state index contributed by atoms with van der Waals surface area (Å²) in [6.07, 6.45) is 0. The predicted molar refractivity (Wildman–Crippen MR) is 72.3 cm³/mol. The Morgan fingerprint density at radius 1 is 1.16 bits per heavy atom. The lowest BCUT2D eigenvalue weighted by atomic mass is 9.94. The number of carboxylic acids is 1. The summed E-state index contributed by atoms with van der Waals surface area (Å²) < 4.78 is 0. The highest BCUT2D eigenvalue weighted by atomic mass is 16.4. The summed E-state index contributed by atoms with van der Waals surface area (Å²) in [7, 11) is 0. The molecule has 19 heavy (non-hydrogen) atoms. The molecular weight excluding hydrogens is 246 g/mol. The maximum atomic E-state index is 12.3. The van der Waals surface area contributed by atoms with Gasteiger partial charge in [-0.15, -0.1) is 0 Å². The largest absolute Gasteiger partial charge is 0.478 e. The molecule has 1 aromatic carbocycles. The quantitative estimate of drug-likeness (QED) is 0.869. The van der Waals surface area contributed by atoms with E-state index in [2.05, 4.69) is 0 Å². The van der Waals surface area contributed by atoms with Crippen LogP contribution in [0.5, 0.6) is 0 Å². The Morgan fingerprint density at radius 3 is 2.05 bits per heavy atom. The van der Waals surface area contributed by atoms with Crippen molar-refractivity contribution in [3.63, 3.8) is 0 Å². The molecule has 104 valence electrons. The molecule has 5 nitrogen and oxygen atoms in total. The average molecular weight is 265 g/mol. The molecule has 0 bridgehead atoms. The fraction of sp³-hybridized carbons (Fsp3) is 0.429. The summed E-state index contributed by atoms with van der Waals surface area (Å²) in [6.45, 7) is 5.42. The lowest BCUT2D eigenvalue weighted by Gasteiger charge is -2.29. The third-order valence-corrected chi connectivity index (χ3v) is 2.64. The van der Waals surface area contributed by atoms with E-state index in [1.54, 1.807) is 32.9 Å². The van der Waals surface area contributed by atoms with Crippen LogP contribution in [-0.4, -0.2) is 35.2 Å². The molecule has 1 aromatic rings.